The second-order valence-corrected chi connectivity index (χ2v) is 4.51. The van der Waals surface area contributed by atoms with Gasteiger partial charge in [-0.05, 0) is 30.3 Å². The van der Waals surface area contributed by atoms with Crippen LogP contribution >= 0.6 is 11.6 Å². The monoisotopic (exact) mass is 304 g/mol. The van der Waals surface area contributed by atoms with Crippen LogP contribution in [-0.4, -0.2) is 12.5 Å². The molecule has 0 fully saturated rings. The summed E-state index contributed by atoms with van der Waals surface area (Å²) in [5.74, 6) is -1.10. The highest BCUT2D eigenvalue weighted by atomic mass is 35.5. The number of carbonyl (C=O) groups is 1. The number of hydrogen-bond acceptors (Lipinski definition) is 3. The van der Waals surface area contributed by atoms with Crippen molar-refractivity contribution in [3.8, 4) is 11.8 Å². The van der Waals surface area contributed by atoms with Gasteiger partial charge >= 0.3 is 0 Å². The minimum atomic E-state index is -0.690. The average Bonchev–Trinajstić information content (AvgIpc) is 2.45. The molecule has 106 valence electrons. The summed E-state index contributed by atoms with van der Waals surface area (Å²) in [6.45, 7) is -0.343. The maximum Gasteiger partial charge on any atom is 0.262 e. The number of rotatable bonds is 4. The molecule has 2 aromatic carbocycles. The number of halogens is 2. The molecule has 2 aromatic rings. The summed E-state index contributed by atoms with van der Waals surface area (Å²) in [5, 5.41) is 11.9. The van der Waals surface area contributed by atoms with Crippen molar-refractivity contribution in [1.29, 1.82) is 5.26 Å². The van der Waals surface area contributed by atoms with Gasteiger partial charge in [-0.2, -0.15) is 5.26 Å². The van der Waals surface area contributed by atoms with E-state index in [9.17, 15) is 9.18 Å². The molecule has 0 bridgehead atoms. The fourth-order valence-electron chi connectivity index (χ4n) is 1.64. The van der Waals surface area contributed by atoms with Crippen LogP contribution < -0.4 is 10.1 Å². The molecule has 0 spiro atoms. The Morgan fingerprint density at radius 3 is 2.81 bits per heavy atom. The quantitative estimate of drug-likeness (QED) is 0.942. The molecule has 4 nitrogen and oxygen atoms in total. The fraction of sp³-hybridized carbons (Fsp3) is 0.0667. The Hall–Kier alpha value is -2.58. The number of amides is 1. The van der Waals surface area contributed by atoms with E-state index in [1.165, 1.54) is 12.1 Å². The van der Waals surface area contributed by atoms with Crippen molar-refractivity contribution < 1.29 is 13.9 Å². The summed E-state index contributed by atoms with van der Waals surface area (Å²) in [7, 11) is 0. The fourth-order valence-corrected chi connectivity index (χ4v) is 1.83. The van der Waals surface area contributed by atoms with Gasteiger partial charge in [-0.15, -0.1) is 0 Å². The molecular formula is C15H10ClFN2O2. The molecule has 0 aliphatic heterocycles. The minimum absolute atomic E-state index is 0.0266. The van der Waals surface area contributed by atoms with Crippen molar-refractivity contribution in [1.82, 2.24) is 0 Å². The highest BCUT2D eigenvalue weighted by molar-refractivity contribution is 6.30. The molecule has 0 atom stereocenters. The van der Waals surface area contributed by atoms with E-state index in [2.05, 4.69) is 5.32 Å². The number of benzene rings is 2. The lowest BCUT2D eigenvalue weighted by Crippen LogP contribution is -2.20. The molecule has 0 radical (unpaired) electrons. The Morgan fingerprint density at radius 2 is 2.10 bits per heavy atom. The summed E-state index contributed by atoms with van der Waals surface area (Å²) in [5.41, 5.74) is 0.295. The zero-order valence-corrected chi connectivity index (χ0v) is 11.5. The van der Waals surface area contributed by atoms with Gasteiger partial charge in [0.25, 0.3) is 5.91 Å². The van der Waals surface area contributed by atoms with Gasteiger partial charge in [0.1, 0.15) is 23.2 Å². The van der Waals surface area contributed by atoms with Gasteiger partial charge in [0.05, 0.1) is 0 Å². The van der Waals surface area contributed by atoms with Crippen molar-refractivity contribution in [3.63, 3.8) is 0 Å². The van der Waals surface area contributed by atoms with Gasteiger partial charge in [0.15, 0.2) is 6.61 Å². The molecule has 0 heterocycles. The Kier molecular flexibility index (Phi) is 4.75. The number of ether oxygens (including phenoxy) is 1. The lowest BCUT2D eigenvalue weighted by atomic mass is 10.2. The molecule has 21 heavy (non-hydrogen) atoms. The molecule has 0 saturated heterocycles. The van der Waals surface area contributed by atoms with Crippen LogP contribution in [0.4, 0.5) is 10.1 Å². The SMILES string of the molecule is N#Cc1c(F)cccc1OCC(=O)Nc1cccc(Cl)c1. The third-order valence-electron chi connectivity index (χ3n) is 2.55. The van der Waals surface area contributed by atoms with Crippen LogP contribution in [0, 0.1) is 17.1 Å². The highest BCUT2D eigenvalue weighted by Gasteiger charge is 2.11. The lowest BCUT2D eigenvalue weighted by molar-refractivity contribution is -0.118. The first-order chi connectivity index (χ1) is 10.1. The van der Waals surface area contributed by atoms with Gasteiger partial charge in [0.2, 0.25) is 0 Å². The lowest BCUT2D eigenvalue weighted by Gasteiger charge is -2.09. The van der Waals surface area contributed by atoms with Crippen LogP contribution in [0.5, 0.6) is 5.75 Å². The maximum absolute atomic E-state index is 13.3. The first kappa shape index (κ1) is 14.8. The number of carbonyl (C=O) groups excluding carboxylic acids is 1. The third kappa shape index (κ3) is 3.94. The van der Waals surface area contributed by atoms with E-state index >= 15 is 0 Å². The molecular weight excluding hydrogens is 295 g/mol. The molecule has 0 aliphatic rings. The smallest absolute Gasteiger partial charge is 0.262 e. The summed E-state index contributed by atoms with van der Waals surface area (Å²) in [6.07, 6.45) is 0. The van der Waals surface area contributed by atoms with Gasteiger partial charge in [-0.1, -0.05) is 23.7 Å². The number of nitrogens with one attached hydrogen (secondary N) is 1. The highest BCUT2D eigenvalue weighted by Crippen LogP contribution is 2.20. The Bertz CT molecular complexity index is 713. The van der Waals surface area contributed by atoms with Crippen molar-refractivity contribution in [2.45, 2.75) is 0 Å². The number of nitrogens with zero attached hydrogens (tertiary/aromatic N) is 1. The standard InChI is InChI=1S/C15H10ClFN2O2/c16-10-3-1-4-11(7-10)19-15(20)9-21-14-6-2-5-13(17)12(14)8-18/h1-7H,9H2,(H,19,20). The Labute approximate surface area is 125 Å². The summed E-state index contributed by atoms with van der Waals surface area (Å²) >= 11 is 5.80. The zero-order valence-electron chi connectivity index (χ0n) is 10.8. The van der Waals surface area contributed by atoms with Gasteiger partial charge in [0, 0.05) is 10.7 Å². The van der Waals surface area contributed by atoms with E-state index in [0.29, 0.717) is 10.7 Å². The largest absolute Gasteiger partial charge is 0.482 e. The molecule has 1 N–H and O–H groups in total. The van der Waals surface area contributed by atoms with Crippen LogP contribution in [0.15, 0.2) is 42.5 Å². The first-order valence-corrected chi connectivity index (χ1v) is 6.35. The van der Waals surface area contributed by atoms with Crippen LogP contribution in [0.1, 0.15) is 5.56 Å². The Balaban J connectivity index is 1.99. The number of anilines is 1. The predicted octanol–water partition coefficient (Wildman–Crippen LogP) is 3.37. The maximum atomic E-state index is 13.3. The zero-order chi connectivity index (χ0) is 15.2. The van der Waals surface area contributed by atoms with Crippen molar-refractivity contribution >= 4 is 23.2 Å². The predicted molar refractivity (Wildman–Crippen MR) is 76.7 cm³/mol. The molecule has 0 aromatic heterocycles. The van der Waals surface area contributed by atoms with E-state index in [0.717, 1.165) is 6.07 Å². The van der Waals surface area contributed by atoms with E-state index in [-0.39, 0.29) is 17.9 Å². The van der Waals surface area contributed by atoms with Crippen LogP contribution in [-0.2, 0) is 4.79 Å². The second kappa shape index (κ2) is 6.73. The topological polar surface area (TPSA) is 62.1 Å². The van der Waals surface area contributed by atoms with Crippen LogP contribution in [0.25, 0.3) is 0 Å². The number of hydrogen-bond donors (Lipinski definition) is 1. The van der Waals surface area contributed by atoms with Crippen LogP contribution in [0.3, 0.4) is 0 Å². The van der Waals surface area contributed by atoms with E-state index in [1.807, 2.05) is 0 Å². The first-order valence-electron chi connectivity index (χ1n) is 5.97. The van der Waals surface area contributed by atoms with Crippen LogP contribution in [0.2, 0.25) is 5.02 Å². The van der Waals surface area contributed by atoms with E-state index in [4.69, 9.17) is 21.6 Å². The normalized spacial score (nSPS) is 9.76. The molecule has 0 saturated carbocycles. The second-order valence-electron chi connectivity index (χ2n) is 4.07. The number of nitriles is 1. The summed E-state index contributed by atoms with van der Waals surface area (Å²) in [4.78, 5) is 11.7. The van der Waals surface area contributed by atoms with E-state index < -0.39 is 11.7 Å². The van der Waals surface area contributed by atoms with Crippen molar-refractivity contribution in [2.75, 3.05) is 11.9 Å². The van der Waals surface area contributed by atoms with E-state index in [1.54, 1.807) is 30.3 Å². The third-order valence-corrected chi connectivity index (χ3v) is 2.79. The minimum Gasteiger partial charge on any atom is -0.482 e. The summed E-state index contributed by atoms with van der Waals surface area (Å²) in [6, 6.07) is 12.3. The Morgan fingerprint density at radius 1 is 1.33 bits per heavy atom. The van der Waals surface area contributed by atoms with Crippen molar-refractivity contribution in [3.05, 3.63) is 58.9 Å². The molecule has 6 heteroatoms. The molecule has 0 unspecified atom stereocenters. The molecule has 0 aliphatic carbocycles. The average molecular weight is 305 g/mol. The van der Waals surface area contributed by atoms with Crippen molar-refractivity contribution in [2.24, 2.45) is 0 Å². The molecule has 1 amide bonds. The summed E-state index contributed by atoms with van der Waals surface area (Å²) < 4.78 is 18.5. The molecule has 2 rings (SSSR count). The van der Waals surface area contributed by atoms with Gasteiger partial charge in [-0.25, -0.2) is 4.39 Å². The van der Waals surface area contributed by atoms with Gasteiger partial charge < -0.3 is 10.1 Å². The van der Waals surface area contributed by atoms with Gasteiger partial charge in [-0.3, -0.25) is 4.79 Å².